The number of amides is 3. The number of benzene rings is 2. The van der Waals surface area contributed by atoms with E-state index in [1.165, 1.54) is 11.8 Å². The van der Waals surface area contributed by atoms with Crippen LogP contribution in [0.1, 0.15) is 0 Å². The molecule has 122 valence electrons. The molecule has 1 aromatic heterocycles. The van der Waals surface area contributed by atoms with Gasteiger partial charge in [0.15, 0.2) is 11.0 Å². The fraction of sp³-hybridized carbons (Fsp3) is 0.0625. The summed E-state index contributed by atoms with van der Waals surface area (Å²) < 4.78 is 0. The number of H-pyrrole nitrogens is 2. The minimum Gasteiger partial charge on any atom is -0.307 e. The average Bonchev–Trinajstić information content (AvgIpc) is 3.02. The van der Waals surface area contributed by atoms with E-state index in [0.717, 1.165) is 16.2 Å². The number of hydrazine groups is 1. The Morgan fingerprint density at radius 3 is 2.54 bits per heavy atom. The third-order valence-corrected chi connectivity index (χ3v) is 4.02. The lowest BCUT2D eigenvalue weighted by Crippen LogP contribution is -2.44. The number of aromatic amines is 2. The zero-order chi connectivity index (χ0) is 16.8. The lowest BCUT2D eigenvalue weighted by atomic mass is 10.3. The number of carbonyl (C=O) groups excluding carboxylic acids is 2. The molecule has 8 heteroatoms. The fourth-order valence-corrected chi connectivity index (χ4v) is 2.75. The fourth-order valence-electron chi connectivity index (χ4n) is 2.03. The Kier molecular flexibility index (Phi) is 4.97. The number of thioether (sulfide) groups is 1. The Morgan fingerprint density at radius 1 is 1.00 bits per heavy atom. The van der Waals surface area contributed by atoms with Gasteiger partial charge in [-0.3, -0.25) is 10.2 Å². The maximum Gasteiger partial charge on any atom is 0.337 e. The topological polar surface area (TPSA) is 100 Å². The Labute approximate surface area is 142 Å². The van der Waals surface area contributed by atoms with Crippen LogP contribution in [-0.4, -0.2) is 22.7 Å². The minimum atomic E-state index is -0.503. The number of fused-ring (bicyclic) bond motifs is 1. The van der Waals surface area contributed by atoms with Crippen LogP contribution in [-0.2, 0) is 4.79 Å². The zero-order valence-corrected chi connectivity index (χ0v) is 13.4. The second-order valence-electron chi connectivity index (χ2n) is 4.91. The zero-order valence-electron chi connectivity index (χ0n) is 12.6. The van der Waals surface area contributed by atoms with Gasteiger partial charge in [0.25, 0.3) is 0 Å². The van der Waals surface area contributed by atoms with E-state index in [0.29, 0.717) is 5.69 Å². The maximum atomic E-state index is 11.8. The van der Waals surface area contributed by atoms with Crippen molar-refractivity contribution in [3.63, 3.8) is 0 Å². The third-order valence-electron chi connectivity index (χ3n) is 3.12. The summed E-state index contributed by atoms with van der Waals surface area (Å²) in [7, 11) is 0. The highest BCUT2D eigenvalue weighted by Gasteiger charge is 2.12. The van der Waals surface area contributed by atoms with Crippen molar-refractivity contribution in [1.82, 2.24) is 15.8 Å². The van der Waals surface area contributed by atoms with Crippen molar-refractivity contribution < 1.29 is 14.6 Å². The van der Waals surface area contributed by atoms with Gasteiger partial charge in [0.1, 0.15) is 0 Å². The van der Waals surface area contributed by atoms with E-state index in [1.807, 2.05) is 42.5 Å². The van der Waals surface area contributed by atoms with E-state index in [2.05, 4.69) is 26.1 Å². The Hall–Kier alpha value is -3.00. The van der Waals surface area contributed by atoms with Crippen molar-refractivity contribution in [2.45, 2.75) is 5.16 Å². The first kappa shape index (κ1) is 15.9. The molecule has 0 atom stereocenters. The summed E-state index contributed by atoms with van der Waals surface area (Å²) in [4.78, 5) is 29.8. The van der Waals surface area contributed by atoms with Crippen LogP contribution in [0, 0.1) is 0 Å². The van der Waals surface area contributed by atoms with Crippen LogP contribution in [0.4, 0.5) is 10.5 Å². The van der Waals surface area contributed by atoms with E-state index in [4.69, 9.17) is 0 Å². The van der Waals surface area contributed by atoms with E-state index in [9.17, 15) is 9.59 Å². The first-order valence-electron chi connectivity index (χ1n) is 7.24. The molecule has 5 N–H and O–H groups in total. The van der Waals surface area contributed by atoms with Crippen molar-refractivity contribution >= 4 is 40.4 Å². The predicted octanol–water partition coefficient (Wildman–Crippen LogP) is 1.93. The smallest absolute Gasteiger partial charge is 0.307 e. The summed E-state index contributed by atoms with van der Waals surface area (Å²) in [5.41, 5.74) is 7.26. The second kappa shape index (κ2) is 7.51. The molecule has 0 unspecified atom stereocenters. The van der Waals surface area contributed by atoms with Gasteiger partial charge in [-0.15, -0.1) is 0 Å². The van der Waals surface area contributed by atoms with Gasteiger partial charge in [0, 0.05) is 5.69 Å². The molecule has 0 fully saturated rings. The van der Waals surface area contributed by atoms with Crippen molar-refractivity contribution in [2.24, 2.45) is 0 Å². The number of hydrogen-bond acceptors (Lipinski definition) is 3. The molecule has 0 aliphatic heterocycles. The summed E-state index contributed by atoms with van der Waals surface area (Å²) in [6.07, 6.45) is 0. The average molecular weight is 342 g/mol. The number of rotatable bonds is 4. The van der Waals surface area contributed by atoms with E-state index in [-0.39, 0.29) is 11.7 Å². The van der Waals surface area contributed by atoms with Crippen molar-refractivity contribution in [3.8, 4) is 0 Å². The Bertz CT molecular complexity index is 817. The largest absolute Gasteiger partial charge is 0.337 e. The first-order valence-corrected chi connectivity index (χ1v) is 8.23. The van der Waals surface area contributed by atoms with Crippen LogP contribution in [0.2, 0.25) is 0 Å². The third kappa shape index (κ3) is 4.26. The van der Waals surface area contributed by atoms with Gasteiger partial charge in [-0.2, -0.15) is 0 Å². The molecule has 0 saturated carbocycles. The van der Waals surface area contributed by atoms with Gasteiger partial charge < -0.3 is 5.32 Å². The molecule has 3 amide bonds. The van der Waals surface area contributed by atoms with Crippen LogP contribution in [0.25, 0.3) is 11.0 Å². The molecule has 0 bridgehead atoms. The van der Waals surface area contributed by atoms with Gasteiger partial charge in [-0.1, -0.05) is 30.3 Å². The number of para-hydroxylation sites is 3. The van der Waals surface area contributed by atoms with Crippen LogP contribution >= 0.6 is 11.8 Å². The molecule has 0 radical (unpaired) electrons. The van der Waals surface area contributed by atoms with Gasteiger partial charge in [0.05, 0.1) is 5.75 Å². The number of aromatic nitrogens is 2. The lowest BCUT2D eigenvalue weighted by molar-refractivity contribution is -0.396. The molecular weight excluding hydrogens is 326 g/mol. The SMILES string of the molecule is O=C(CSc1[nH]c2ccccc2[nH+]1)NNC(=O)Nc1ccccc1. The summed E-state index contributed by atoms with van der Waals surface area (Å²) in [5, 5.41) is 3.38. The Balaban J connectivity index is 1.43. The molecule has 3 aromatic rings. The van der Waals surface area contributed by atoms with Crippen molar-refractivity contribution in [3.05, 3.63) is 54.6 Å². The molecular formula is C16H16N5O2S+. The van der Waals surface area contributed by atoms with Gasteiger partial charge in [0.2, 0.25) is 5.91 Å². The number of hydrogen-bond donors (Lipinski definition) is 4. The molecule has 24 heavy (non-hydrogen) atoms. The molecule has 0 aliphatic carbocycles. The van der Waals surface area contributed by atoms with Gasteiger partial charge in [-0.25, -0.2) is 20.2 Å². The van der Waals surface area contributed by atoms with E-state index >= 15 is 0 Å². The van der Waals surface area contributed by atoms with Crippen LogP contribution < -0.4 is 21.2 Å². The predicted molar refractivity (Wildman–Crippen MR) is 92.3 cm³/mol. The summed E-state index contributed by atoms with van der Waals surface area (Å²) >= 11 is 1.32. The standard InChI is InChI=1S/C16H15N5O2S/c22-14(20-21-15(23)17-11-6-2-1-3-7-11)10-24-16-18-12-8-4-5-9-13(12)19-16/h1-9H,10H2,(H,18,19)(H,20,22)(H2,17,21,23)/p+1. The van der Waals surface area contributed by atoms with Crippen LogP contribution in [0.3, 0.4) is 0 Å². The quantitative estimate of drug-likeness (QED) is 0.430. The maximum absolute atomic E-state index is 11.8. The van der Waals surface area contributed by atoms with Gasteiger partial charge >= 0.3 is 11.2 Å². The molecule has 3 rings (SSSR count). The number of carbonyl (C=O) groups is 2. The summed E-state index contributed by atoms with van der Waals surface area (Å²) in [5.74, 6) is -0.148. The van der Waals surface area contributed by atoms with Crippen LogP contribution in [0.15, 0.2) is 59.8 Å². The van der Waals surface area contributed by atoms with Crippen LogP contribution in [0.5, 0.6) is 0 Å². The number of imidazole rings is 1. The molecule has 0 saturated heterocycles. The minimum absolute atomic E-state index is 0.162. The van der Waals surface area contributed by atoms with E-state index in [1.54, 1.807) is 12.1 Å². The lowest BCUT2D eigenvalue weighted by Gasteiger charge is -2.08. The van der Waals surface area contributed by atoms with Gasteiger partial charge in [-0.05, 0) is 36.0 Å². The summed E-state index contributed by atoms with van der Waals surface area (Å²) in [6, 6.07) is 16.2. The number of anilines is 1. The molecule has 1 heterocycles. The second-order valence-corrected chi connectivity index (χ2v) is 5.89. The van der Waals surface area contributed by atoms with E-state index < -0.39 is 6.03 Å². The number of nitrogens with one attached hydrogen (secondary N) is 5. The highest BCUT2D eigenvalue weighted by atomic mass is 32.2. The normalized spacial score (nSPS) is 10.3. The number of urea groups is 1. The molecule has 0 spiro atoms. The monoisotopic (exact) mass is 342 g/mol. The highest BCUT2D eigenvalue weighted by Crippen LogP contribution is 2.14. The molecule has 7 nitrogen and oxygen atoms in total. The first-order chi connectivity index (χ1) is 11.7. The van der Waals surface area contributed by atoms with Crippen molar-refractivity contribution in [1.29, 1.82) is 0 Å². The molecule has 2 aromatic carbocycles. The Morgan fingerprint density at radius 2 is 1.75 bits per heavy atom. The molecule has 0 aliphatic rings. The highest BCUT2D eigenvalue weighted by molar-refractivity contribution is 7.99. The summed E-state index contributed by atoms with van der Waals surface area (Å²) in [6.45, 7) is 0. The van der Waals surface area contributed by atoms with Crippen molar-refractivity contribution in [2.75, 3.05) is 11.1 Å².